The van der Waals surface area contributed by atoms with Gasteiger partial charge in [0, 0.05) is 19.0 Å². The van der Waals surface area contributed by atoms with E-state index in [1.165, 1.54) is 24.9 Å². The molecule has 2 aliphatic rings. The lowest BCUT2D eigenvalue weighted by Crippen LogP contribution is -2.30. The molecule has 0 spiro atoms. The van der Waals surface area contributed by atoms with Crippen molar-refractivity contribution in [3.8, 4) is 0 Å². The molecule has 0 amide bonds. The molecule has 3 aromatic heterocycles. The van der Waals surface area contributed by atoms with E-state index in [1.54, 1.807) is 4.57 Å². The average molecular weight is 540 g/mol. The zero-order valence-electron chi connectivity index (χ0n) is 19.2. The Morgan fingerprint density at radius 3 is 2.24 bits per heavy atom. The molecule has 5 heterocycles. The number of nitrogens with zero attached hydrogens (tertiary/aromatic N) is 6. The molecule has 7 N–H and O–H groups in total. The number of aromatic nitrogens is 6. The van der Waals surface area contributed by atoms with Crippen molar-refractivity contribution < 1.29 is 38.2 Å². The number of aliphatic hydroxyl groups is 2. The normalized spacial score (nSPS) is 29.6. The van der Waals surface area contributed by atoms with Crippen LogP contribution >= 0.6 is 7.82 Å². The molecule has 2 saturated heterocycles. The number of hydrogen-bond acceptors (Lipinski definition) is 14. The van der Waals surface area contributed by atoms with Crippen LogP contribution in [0.15, 0.2) is 29.7 Å². The van der Waals surface area contributed by atoms with Crippen molar-refractivity contribution >= 4 is 30.6 Å². The largest absolute Gasteiger partial charge is 0.472 e. The van der Waals surface area contributed by atoms with Crippen LogP contribution in [0.4, 0.5) is 11.6 Å². The SMILES string of the molecule is Nc1ccn([C@H]2C[C@H](OP(=O)(O)O[C@H]3C[C@H](n4cnc5c(N)ncnc54)O[C@@H]3CO)[C@@H](CO)O2)c(=O)n1. The van der Waals surface area contributed by atoms with Crippen LogP contribution in [-0.4, -0.2) is 81.8 Å². The third kappa shape index (κ3) is 5.07. The highest BCUT2D eigenvalue weighted by Crippen LogP contribution is 2.51. The number of nitrogen functional groups attached to an aromatic ring is 2. The standard InChI is InChI=1S/C19H25N8O9P/c20-13-1-2-26(19(30)25-13)14-3-9(11(5-28)33-14)35-37(31,32)36-10-4-15(34-12(10)6-29)27-8-24-16-17(21)22-7-23-18(16)27/h1-2,7-12,14-15,28-29H,3-6H2,(H,31,32)(H2,20,25,30)(H2,21,22,23)/t9-,10-,11+,12+,14+,15+/m0/s1. The first-order chi connectivity index (χ1) is 17.7. The Labute approximate surface area is 208 Å². The maximum Gasteiger partial charge on any atom is 0.472 e. The van der Waals surface area contributed by atoms with E-state index in [1.807, 2.05) is 0 Å². The number of ether oxygens (including phenoxy) is 2. The second-order valence-electron chi connectivity index (χ2n) is 8.48. The van der Waals surface area contributed by atoms with Gasteiger partial charge in [-0.3, -0.25) is 18.2 Å². The number of anilines is 2. The molecule has 0 saturated carbocycles. The predicted octanol–water partition coefficient (Wildman–Crippen LogP) is -1.32. The van der Waals surface area contributed by atoms with Crippen molar-refractivity contribution in [1.82, 2.24) is 29.1 Å². The summed E-state index contributed by atoms with van der Waals surface area (Å²) >= 11 is 0. The van der Waals surface area contributed by atoms with Crippen LogP contribution < -0.4 is 17.2 Å². The Morgan fingerprint density at radius 2 is 1.65 bits per heavy atom. The zero-order chi connectivity index (χ0) is 26.3. The fourth-order valence-corrected chi connectivity index (χ4v) is 5.56. The van der Waals surface area contributed by atoms with Gasteiger partial charge in [0.05, 0.1) is 19.5 Å². The molecule has 18 heteroatoms. The lowest BCUT2D eigenvalue weighted by Gasteiger charge is -2.23. The van der Waals surface area contributed by atoms with Crippen molar-refractivity contribution in [1.29, 1.82) is 0 Å². The smallest absolute Gasteiger partial charge is 0.394 e. The second kappa shape index (κ2) is 10.0. The highest BCUT2D eigenvalue weighted by molar-refractivity contribution is 7.47. The molecule has 2 aliphatic heterocycles. The molecule has 0 radical (unpaired) electrons. The van der Waals surface area contributed by atoms with Crippen LogP contribution in [-0.2, 0) is 23.1 Å². The van der Waals surface area contributed by atoms with Gasteiger partial charge in [0.2, 0.25) is 0 Å². The van der Waals surface area contributed by atoms with Gasteiger partial charge in [-0.15, -0.1) is 0 Å². The number of phosphoric ester groups is 1. The summed E-state index contributed by atoms with van der Waals surface area (Å²) in [5, 5.41) is 19.5. The van der Waals surface area contributed by atoms with Gasteiger partial charge < -0.3 is 36.0 Å². The summed E-state index contributed by atoms with van der Waals surface area (Å²) in [6, 6.07) is 1.39. The molecular formula is C19H25N8O9P. The number of hydrogen-bond donors (Lipinski definition) is 5. The van der Waals surface area contributed by atoms with E-state index in [4.69, 9.17) is 30.0 Å². The third-order valence-corrected chi connectivity index (χ3v) is 7.19. The summed E-state index contributed by atoms with van der Waals surface area (Å²) < 4.78 is 37.8. The van der Waals surface area contributed by atoms with Gasteiger partial charge in [0.15, 0.2) is 11.5 Å². The maximum atomic E-state index is 12.9. The summed E-state index contributed by atoms with van der Waals surface area (Å²) in [6.45, 7) is -1.06. The molecule has 3 aromatic rings. The van der Waals surface area contributed by atoms with E-state index < -0.39 is 63.6 Å². The molecule has 1 unspecified atom stereocenters. The van der Waals surface area contributed by atoms with Crippen molar-refractivity contribution in [2.24, 2.45) is 0 Å². The summed E-state index contributed by atoms with van der Waals surface area (Å²) in [4.78, 5) is 38.5. The van der Waals surface area contributed by atoms with Crippen LogP contribution in [0.25, 0.3) is 11.2 Å². The minimum absolute atomic E-state index is 0.0224. The zero-order valence-corrected chi connectivity index (χ0v) is 20.1. The number of fused-ring (bicyclic) bond motifs is 1. The Morgan fingerprint density at radius 1 is 1.03 bits per heavy atom. The molecule has 17 nitrogen and oxygen atoms in total. The maximum absolute atomic E-state index is 12.9. The first-order valence-corrected chi connectivity index (χ1v) is 12.7. The molecule has 37 heavy (non-hydrogen) atoms. The van der Waals surface area contributed by atoms with E-state index in [0.29, 0.717) is 11.2 Å². The van der Waals surface area contributed by atoms with E-state index in [2.05, 4.69) is 19.9 Å². The monoisotopic (exact) mass is 540 g/mol. The van der Waals surface area contributed by atoms with Crippen LogP contribution in [0, 0.1) is 0 Å². The summed E-state index contributed by atoms with van der Waals surface area (Å²) in [6.07, 6.45) is -1.74. The van der Waals surface area contributed by atoms with Gasteiger partial charge in [-0.25, -0.2) is 24.3 Å². The molecular weight excluding hydrogens is 515 g/mol. The first-order valence-electron chi connectivity index (χ1n) is 11.2. The summed E-state index contributed by atoms with van der Waals surface area (Å²) in [5.74, 6) is 0.197. The number of nitrogens with two attached hydrogens (primary N) is 2. The van der Waals surface area contributed by atoms with Crippen LogP contribution in [0.1, 0.15) is 25.3 Å². The fraction of sp³-hybridized carbons (Fsp3) is 0.526. The van der Waals surface area contributed by atoms with Crippen molar-refractivity contribution in [2.45, 2.75) is 49.7 Å². The van der Waals surface area contributed by atoms with Crippen LogP contribution in [0.2, 0.25) is 0 Å². The lowest BCUT2D eigenvalue weighted by molar-refractivity contribution is -0.0559. The minimum Gasteiger partial charge on any atom is -0.394 e. The quantitative estimate of drug-likeness (QED) is 0.208. The Balaban J connectivity index is 1.28. The van der Waals surface area contributed by atoms with Gasteiger partial charge in [0.25, 0.3) is 0 Å². The fourth-order valence-electron chi connectivity index (χ4n) is 4.39. The molecule has 0 bridgehead atoms. The number of aliphatic hydroxyl groups excluding tert-OH is 2. The number of phosphoric acid groups is 1. The third-order valence-electron chi connectivity index (χ3n) is 6.12. The van der Waals surface area contributed by atoms with Gasteiger partial charge in [-0.2, -0.15) is 4.98 Å². The number of imidazole rings is 1. The van der Waals surface area contributed by atoms with Crippen molar-refractivity contribution in [3.05, 3.63) is 35.4 Å². The van der Waals surface area contributed by atoms with Crippen molar-refractivity contribution in [2.75, 3.05) is 24.7 Å². The van der Waals surface area contributed by atoms with Gasteiger partial charge in [0.1, 0.15) is 54.5 Å². The lowest BCUT2D eigenvalue weighted by atomic mass is 10.2. The van der Waals surface area contributed by atoms with Gasteiger partial charge >= 0.3 is 13.5 Å². The molecule has 2 fully saturated rings. The predicted molar refractivity (Wildman–Crippen MR) is 123 cm³/mol. The molecule has 5 rings (SSSR count). The topological polar surface area (TPSA) is 245 Å². The first kappa shape index (κ1) is 25.6. The second-order valence-corrected chi connectivity index (χ2v) is 9.84. The summed E-state index contributed by atoms with van der Waals surface area (Å²) in [5.41, 5.74) is 11.4. The molecule has 7 atom stereocenters. The van der Waals surface area contributed by atoms with Gasteiger partial charge in [-0.05, 0) is 6.07 Å². The van der Waals surface area contributed by atoms with E-state index >= 15 is 0 Å². The Bertz CT molecular complexity index is 1390. The molecule has 0 aromatic carbocycles. The highest BCUT2D eigenvalue weighted by Gasteiger charge is 2.46. The van der Waals surface area contributed by atoms with Gasteiger partial charge in [-0.1, -0.05) is 0 Å². The number of rotatable bonds is 8. The average Bonchev–Trinajstić information content (AvgIpc) is 3.55. The minimum atomic E-state index is -4.76. The van der Waals surface area contributed by atoms with E-state index in [0.717, 1.165) is 4.57 Å². The Hall–Kier alpha value is -3.02. The highest BCUT2D eigenvalue weighted by atomic mass is 31.2. The molecule has 0 aliphatic carbocycles. The van der Waals surface area contributed by atoms with E-state index in [9.17, 15) is 24.5 Å². The van der Waals surface area contributed by atoms with Crippen LogP contribution in [0.5, 0.6) is 0 Å². The van der Waals surface area contributed by atoms with E-state index in [-0.39, 0.29) is 24.5 Å². The van der Waals surface area contributed by atoms with Crippen LogP contribution in [0.3, 0.4) is 0 Å². The van der Waals surface area contributed by atoms with Crippen molar-refractivity contribution in [3.63, 3.8) is 0 Å². The summed E-state index contributed by atoms with van der Waals surface area (Å²) in [7, 11) is -4.76. The Kier molecular flexibility index (Phi) is 6.95. The molecule has 200 valence electrons.